The summed E-state index contributed by atoms with van der Waals surface area (Å²) < 4.78 is 19.5. The average molecular weight is 515 g/mol. The first-order valence-corrected chi connectivity index (χ1v) is 12.1. The number of ketones is 1. The summed E-state index contributed by atoms with van der Waals surface area (Å²) in [6.45, 7) is 3.81. The van der Waals surface area contributed by atoms with Crippen molar-refractivity contribution in [2.45, 2.75) is 26.0 Å². The van der Waals surface area contributed by atoms with Crippen molar-refractivity contribution in [3.8, 4) is 5.75 Å². The van der Waals surface area contributed by atoms with Gasteiger partial charge in [-0.1, -0.05) is 12.1 Å². The number of halogens is 1. The fourth-order valence-electron chi connectivity index (χ4n) is 4.52. The van der Waals surface area contributed by atoms with Gasteiger partial charge in [-0.15, -0.1) is 0 Å². The van der Waals surface area contributed by atoms with Crippen LogP contribution in [-0.4, -0.2) is 47.0 Å². The molecule has 2 N–H and O–H groups in total. The number of carbonyl (C=O) groups excluding carboxylic acids is 2. The third-order valence-corrected chi connectivity index (χ3v) is 6.33. The number of aromatic amines is 1. The van der Waals surface area contributed by atoms with Crippen LogP contribution in [0.5, 0.6) is 5.75 Å². The number of Topliss-reactive ketones (excluding diaryl/α,β-unsaturated/α-hetero) is 1. The van der Waals surface area contributed by atoms with Gasteiger partial charge in [0.05, 0.1) is 28.8 Å². The van der Waals surface area contributed by atoms with Gasteiger partial charge in [-0.05, 0) is 74.0 Å². The summed E-state index contributed by atoms with van der Waals surface area (Å²) in [5.41, 5.74) is 2.63. The van der Waals surface area contributed by atoms with Crippen LogP contribution in [0.3, 0.4) is 0 Å². The molecule has 9 heteroatoms. The minimum Gasteiger partial charge on any atom is -0.507 e. The number of aliphatic hydroxyl groups excluding tert-OH is 1. The molecule has 0 bridgehead atoms. The first-order chi connectivity index (χ1) is 18.1. The molecule has 5 rings (SSSR count). The molecule has 0 aliphatic carbocycles. The molecule has 0 spiro atoms. The van der Waals surface area contributed by atoms with Gasteiger partial charge in [0.25, 0.3) is 5.78 Å². The number of aromatic nitrogens is 2. The highest BCUT2D eigenvalue weighted by Gasteiger charge is 2.48. The summed E-state index contributed by atoms with van der Waals surface area (Å²) in [4.78, 5) is 37.3. The molecular formula is C29H27FN4O4. The number of ether oxygens (including phenoxy) is 1. The molecule has 1 amide bonds. The van der Waals surface area contributed by atoms with Crippen LogP contribution in [0.2, 0.25) is 0 Å². The number of anilines is 2. The lowest BCUT2D eigenvalue weighted by atomic mass is 9.95. The number of rotatable bonds is 6. The first-order valence-electron chi connectivity index (χ1n) is 12.1. The summed E-state index contributed by atoms with van der Waals surface area (Å²) >= 11 is 0. The predicted molar refractivity (Wildman–Crippen MR) is 144 cm³/mol. The third-order valence-electron chi connectivity index (χ3n) is 6.33. The standard InChI is InChI=1S/C29H27FN4O4/c1-16(2)38-21-12-7-18(8-13-21)26(35)24-25(17-5-10-20(11-6-17)33(3)4)34(28(37)27(24)36)29-31-22-14-9-19(30)15-23(22)32-29/h5-16,25,35H,1-4H3,(H,31,32)/b26-24+. The molecular weight excluding hydrogens is 487 g/mol. The molecule has 1 atom stereocenters. The Morgan fingerprint density at radius 3 is 2.37 bits per heavy atom. The first kappa shape index (κ1) is 25.0. The smallest absolute Gasteiger partial charge is 0.302 e. The normalized spacial score (nSPS) is 17.0. The Morgan fingerprint density at radius 2 is 1.74 bits per heavy atom. The number of benzene rings is 3. The minimum absolute atomic E-state index is 0.0257. The largest absolute Gasteiger partial charge is 0.507 e. The molecule has 1 saturated heterocycles. The molecule has 2 heterocycles. The maximum Gasteiger partial charge on any atom is 0.302 e. The maximum atomic E-state index is 13.8. The molecule has 38 heavy (non-hydrogen) atoms. The maximum absolute atomic E-state index is 13.8. The van der Waals surface area contributed by atoms with Crippen LogP contribution >= 0.6 is 0 Å². The molecule has 3 aromatic carbocycles. The summed E-state index contributed by atoms with van der Waals surface area (Å²) in [7, 11) is 3.81. The van der Waals surface area contributed by atoms with E-state index in [1.54, 1.807) is 36.4 Å². The SMILES string of the molecule is CC(C)Oc1ccc(/C(O)=C2\C(=O)C(=O)N(c3nc4ccc(F)cc4[nH]3)C2c2ccc(N(C)C)cc2)cc1. The average Bonchev–Trinajstić information content (AvgIpc) is 3.41. The fraction of sp³-hybridized carbons (Fsp3) is 0.207. The van der Waals surface area contributed by atoms with Gasteiger partial charge in [0, 0.05) is 25.3 Å². The molecule has 4 aromatic rings. The van der Waals surface area contributed by atoms with Crippen LogP contribution in [0.4, 0.5) is 16.0 Å². The van der Waals surface area contributed by atoms with E-state index in [1.807, 2.05) is 45.0 Å². The fourth-order valence-corrected chi connectivity index (χ4v) is 4.52. The van der Waals surface area contributed by atoms with Crippen LogP contribution < -0.4 is 14.5 Å². The molecule has 0 radical (unpaired) electrons. The summed E-state index contributed by atoms with van der Waals surface area (Å²) in [6.07, 6.45) is -0.0257. The van der Waals surface area contributed by atoms with E-state index in [4.69, 9.17) is 4.74 Å². The van der Waals surface area contributed by atoms with E-state index in [9.17, 15) is 19.1 Å². The number of amides is 1. The lowest BCUT2D eigenvalue weighted by Gasteiger charge is -2.24. The van der Waals surface area contributed by atoms with Gasteiger partial charge in [0.2, 0.25) is 5.95 Å². The third kappa shape index (κ3) is 4.47. The highest BCUT2D eigenvalue weighted by molar-refractivity contribution is 6.51. The summed E-state index contributed by atoms with van der Waals surface area (Å²) in [6, 6.07) is 17.0. The van der Waals surface area contributed by atoms with Gasteiger partial charge in [0.1, 0.15) is 17.3 Å². The van der Waals surface area contributed by atoms with E-state index >= 15 is 0 Å². The Kier molecular flexibility index (Phi) is 6.36. The van der Waals surface area contributed by atoms with Crippen molar-refractivity contribution < 1.29 is 23.8 Å². The summed E-state index contributed by atoms with van der Waals surface area (Å²) in [5, 5.41) is 11.3. The van der Waals surface area contributed by atoms with Gasteiger partial charge in [0.15, 0.2) is 0 Å². The van der Waals surface area contributed by atoms with Crippen LogP contribution in [-0.2, 0) is 9.59 Å². The van der Waals surface area contributed by atoms with E-state index in [1.165, 1.54) is 23.1 Å². The van der Waals surface area contributed by atoms with E-state index in [-0.39, 0.29) is 23.4 Å². The zero-order valence-corrected chi connectivity index (χ0v) is 21.4. The van der Waals surface area contributed by atoms with Crippen molar-refractivity contribution in [3.63, 3.8) is 0 Å². The Balaban J connectivity index is 1.66. The number of hydrogen-bond donors (Lipinski definition) is 2. The number of aliphatic hydroxyl groups is 1. The van der Waals surface area contributed by atoms with E-state index in [0.717, 1.165) is 5.69 Å². The second kappa shape index (κ2) is 9.66. The van der Waals surface area contributed by atoms with Crippen molar-refractivity contribution in [3.05, 3.63) is 89.2 Å². The lowest BCUT2D eigenvalue weighted by molar-refractivity contribution is -0.132. The molecule has 1 unspecified atom stereocenters. The molecule has 8 nitrogen and oxygen atoms in total. The Hall–Kier alpha value is -4.66. The van der Waals surface area contributed by atoms with Crippen molar-refractivity contribution in [1.29, 1.82) is 0 Å². The Morgan fingerprint density at radius 1 is 1.05 bits per heavy atom. The monoisotopic (exact) mass is 514 g/mol. The van der Waals surface area contributed by atoms with Crippen LogP contribution in [0.25, 0.3) is 16.8 Å². The van der Waals surface area contributed by atoms with E-state index < -0.39 is 23.5 Å². The van der Waals surface area contributed by atoms with Gasteiger partial charge < -0.3 is 19.7 Å². The van der Waals surface area contributed by atoms with E-state index in [0.29, 0.717) is 27.9 Å². The number of nitrogens with zero attached hydrogens (tertiary/aromatic N) is 3. The van der Waals surface area contributed by atoms with Crippen molar-refractivity contribution >= 4 is 40.1 Å². The number of fused-ring (bicyclic) bond motifs is 1. The lowest BCUT2D eigenvalue weighted by Crippen LogP contribution is -2.30. The number of imidazole rings is 1. The topological polar surface area (TPSA) is 98.8 Å². The molecule has 0 saturated carbocycles. The zero-order chi connectivity index (χ0) is 27.1. The second-order valence-corrected chi connectivity index (χ2v) is 9.57. The van der Waals surface area contributed by atoms with Gasteiger partial charge in [-0.2, -0.15) is 0 Å². The molecule has 1 fully saturated rings. The van der Waals surface area contributed by atoms with E-state index in [2.05, 4.69) is 9.97 Å². The van der Waals surface area contributed by atoms with Crippen molar-refractivity contribution in [2.24, 2.45) is 0 Å². The summed E-state index contributed by atoms with van der Waals surface area (Å²) in [5.74, 6) is -1.79. The Bertz CT molecular complexity index is 1560. The van der Waals surface area contributed by atoms with Gasteiger partial charge >= 0.3 is 5.91 Å². The molecule has 1 aliphatic heterocycles. The number of H-pyrrole nitrogens is 1. The van der Waals surface area contributed by atoms with Gasteiger partial charge in [-0.3, -0.25) is 14.5 Å². The van der Waals surface area contributed by atoms with Crippen LogP contribution in [0.1, 0.15) is 31.0 Å². The molecule has 194 valence electrons. The molecule has 1 aromatic heterocycles. The zero-order valence-electron chi connectivity index (χ0n) is 21.4. The van der Waals surface area contributed by atoms with Crippen molar-refractivity contribution in [1.82, 2.24) is 9.97 Å². The highest BCUT2D eigenvalue weighted by atomic mass is 19.1. The number of carbonyl (C=O) groups is 2. The van der Waals surface area contributed by atoms with Crippen LogP contribution in [0, 0.1) is 5.82 Å². The predicted octanol–water partition coefficient (Wildman–Crippen LogP) is 5.18. The Labute approximate surface area is 219 Å². The second-order valence-electron chi connectivity index (χ2n) is 9.57. The number of nitrogens with one attached hydrogen (secondary N) is 1. The van der Waals surface area contributed by atoms with Crippen LogP contribution in [0.15, 0.2) is 72.3 Å². The molecule has 1 aliphatic rings. The highest BCUT2D eigenvalue weighted by Crippen LogP contribution is 2.42. The number of hydrogen-bond acceptors (Lipinski definition) is 6. The quantitative estimate of drug-likeness (QED) is 0.209. The van der Waals surface area contributed by atoms with Crippen molar-refractivity contribution in [2.75, 3.05) is 23.9 Å². The minimum atomic E-state index is -0.969. The van der Waals surface area contributed by atoms with Gasteiger partial charge in [-0.25, -0.2) is 9.37 Å².